The highest BCUT2D eigenvalue weighted by atomic mass is 35.5. The van der Waals surface area contributed by atoms with Gasteiger partial charge in [0.15, 0.2) is 0 Å². The summed E-state index contributed by atoms with van der Waals surface area (Å²) in [4.78, 5) is 0. The molecule has 0 saturated carbocycles. The van der Waals surface area contributed by atoms with Crippen LogP contribution in [0.2, 0.25) is 5.02 Å². The van der Waals surface area contributed by atoms with Gasteiger partial charge in [-0.05, 0) is 54.8 Å². The summed E-state index contributed by atoms with van der Waals surface area (Å²) in [7, 11) is 0. The normalized spacial score (nSPS) is 12.2. The maximum Gasteiger partial charge on any atom is 0.0641 e. The van der Waals surface area contributed by atoms with Crippen LogP contribution < -0.4 is 11.1 Å². The highest BCUT2D eigenvalue weighted by Crippen LogP contribution is 2.25. The topological polar surface area (TPSA) is 38.0 Å². The van der Waals surface area contributed by atoms with Crippen molar-refractivity contribution < 1.29 is 0 Å². The number of nitrogens with one attached hydrogen (secondary N) is 1. The summed E-state index contributed by atoms with van der Waals surface area (Å²) in [6.07, 6.45) is 0. The van der Waals surface area contributed by atoms with Gasteiger partial charge in [0.2, 0.25) is 0 Å². The Hall–Kier alpha value is -1.51. The van der Waals surface area contributed by atoms with E-state index in [0.29, 0.717) is 6.54 Å². The molecule has 100 valence electrons. The molecule has 2 rings (SSSR count). The van der Waals surface area contributed by atoms with Gasteiger partial charge in [-0.15, -0.1) is 0 Å². The largest absolute Gasteiger partial charge is 0.377 e. The van der Waals surface area contributed by atoms with Crippen LogP contribution in [0.4, 0.5) is 5.69 Å². The molecule has 1 atom stereocenters. The molecule has 2 aromatic rings. The molecule has 0 aliphatic heterocycles. The molecule has 0 aliphatic carbocycles. The molecule has 0 spiro atoms. The van der Waals surface area contributed by atoms with Crippen LogP contribution in [0.25, 0.3) is 0 Å². The van der Waals surface area contributed by atoms with E-state index in [2.05, 4.69) is 37.4 Å². The van der Waals surface area contributed by atoms with Gasteiger partial charge in [0.05, 0.1) is 6.04 Å². The van der Waals surface area contributed by atoms with E-state index in [1.807, 2.05) is 24.3 Å². The average Bonchev–Trinajstić information content (AvgIpc) is 2.39. The first kappa shape index (κ1) is 13.9. The molecule has 0 heterocycles. The van der Waals surface area contributed by atoms with Crippen LogP contribution >= 0.6 is 11.6 Å². The lowest BCUT2D eigenvalue weighted by molar-refractivity contribution is 0.777. The molecule has 2 nitrogen and oxygen atoms in total. The third kappa shape index (κ3) is 3.28. The van der Waals surface area contributed by atoms with Crippen LogP contribution in [0.15, 0.2) is 42.5 Å². The van der Waals surface area contributed by atoms with E-state index in [9.17, 15) is 0 Å². The summed E-state index contributed by atoms with van der Waals surface area (Å²) in [6.45, 7) is 4.79. The molecule has 0 saturated heterocycles. The zero-order chi connectivity index (χ0) is 13.8. The molecule has 0 amide bonds. The van der Waals surface area contributed by atoms with Crippen molar-refractivity contribution in [3.63, 3.8) is 0 Å². The molecule has 0 aromatic heterocycles. The Morgan fingerprint density at radius 1 is 1.05 bits per heavy atom. The van der Waals surface area contributed by atoms with Gasteiger partial charge in [-0.25, -0.2) is 0 Å². The minimum atomic E-state index is 0.113. The van der Waals surface area contributed by atoms with Crippen LogP contribution in [0, 0.1) is 13.8 Å². The first-order chi connectivity index (χ1) is 9.11. The number of halogens is 1. The van der Waals surface area contributed by atoms with Crippen LogP contribution in [0.5, 0.6) is 0 Å². The minimum absolute atomic E-state index is 0.113. The number of hydrogen-bond acceptors (Lipinski definition) is 2. The fourth-order valence-electron chi connectivity index (χ4n) is 2.37. The van der Waals surface area contributed by atoms with E-state index < -0.39 is 0 Å². The summed E-state index contributed by atoms with van der Waals surface area (Å²) in [5, 5.41) is 4.21. The lowest BCUT2D eigenvalue weighted by atomic mass is 9.96. The minimum Gasteiger partial charge on any atom is -0.377 e. The number of hydrogen-bond donors (Lipinski definition) is 2. The third-order valence-corrected chi connectivity index (χ3v) is 3.56. The molecule has 0 bridgehead atoms. The monoisotopic (exact) mass is 274 g/mol. The van der Waals surface area contributed by atoms with Crippen molar-refractivity contribution in [3.05, 3.63) is 64.2 Å². The van der Waals surface area contributed by atoms with Gasteiger partial charge >= 0.3 is 0 Å². The molecule has 2 aromatic carbocycles. The third-order valence-electron chi connectivity index (χ3n) is 3.31. The molecule has 3 N–H and O–H groups in total. The second-order valence-corrected chi connectivity index (χ2v) is 5.18. The van der Waals surface area contributed by atoms with Crippen LogP contribution in [-0.4, -0.2) is 6.54 Å². The van der Waals surface area contributed by atoms with Gasteiger partial charge in [-0.2, -0.15) is 0 Å². The van der Waals surface area contributed by atoms with E-state index in [4.69, 9.17) is 17.3 Å². The second-order valence-electron chi connectivity index (χ2n) is 4.75. The maximum absolute atomic E-state index is 5.93. The van der Waals surface area contributed by atoms with Gasteiger partial charge < -0.3 is 11.1 Å². The van der Waals surface area contributed by atoms with E-state index in [1.54, 1.807) is 0 Å². The Morgan fingerprint density at radius 2 is 1.63 bits per heavy atom. The van der Waals surface area contributed by atoms with Gasteiger partial charge in [0, 0.05) is 17.3 Å². The molecule has 1 unspecified atom stereocenters. The van der Waals surface area contributed by atoms with Crippen molar-refractivity contribution in [3.8, 4) is 0 Å². The highest BCUT2D eigenvalue weighted by Gasteiger charge is 2.14. The lowest BCUT2D eigenvalue weighted by Crippen LogP contribution is -2.22. The molecule has 0 radical (unpaired) electrons. The number of benzene rings is 2. The summed E-state index contributed by atoms with van der Waals surface area (Å²) >= 11 is 5.90. The summed E-state index contributed by atoms with van der Waals surface area (Å²) in [5.74, 6) is 0. The SMILES string of the molecule is Cc1cccc(C)c1C(CN)Nc1ccc(Cl)cc1. The molecule has 19 heavy (non-hydrogen) atoms. The molecule has 0 aliphatic rings. The van der Waals surface area contributed by atoms with Crippen molar-refractivity contribution in [1.29, 1.82) is 0 Å². The van der Waals surface area contributed by atoms with Crippen LogP contribution in [0.1, 0.15) is 22.7 Å². The summed E-state index contributed by atoms with van der Waals surface area (Å²) in [6, 6.07) is 14.1. The van der Waals surface area contributed by atoms with E-state index in [0.717, 1.165) is 10.7 Å². The Kier molecular flexibility index (Phi) is 4.46. The zero-order valence-electron chi connectivity index (χ0n) is 11.3. The Balaban J connectivity index is 2.27. The second kappa shape index (κ2) is 6.09. The average molecular weight is 275 g/mol. The smallest absolute Gasteiger partial charge is 0.0641 e. The Labute approximate surface area is 119 Å². The van der Waals surface area contributed by atoms with Gasteiger partial charge in [-0.3, -0.25) is 0 Å². The van der Waals surface area contributed by atoms with E-state index in [-0.39, 0.29) is 6.04 Å². The predicted molar refractivity (Wildman–Crippen MR) is 82.8 cm³/mol. The van der Waals surface area contributed by atoms with E-state index >= 15 is 0 Å². The number of nitrogens with two attached hydrogens (primary N) is 1. The predicted octanol–water partition coefficient (Wildman–Crippen LogP) is 4.07. The Bertz CT molecular complexity index is 529. The number of anilines is 1. The van der Waals surface area contributed by atoms with Gasteiger partial charge in [0.25, 0.3) is 0 Å². The van der Waals surface area contributed by atoms with Crippen molar-refractivity contribution in [2.75, 3.05) is 11.9 Å². The van der Waals surface area contributed by atoms with Crippen molar-refractivity contribution in [1.82, 2.24) is 0 Å². The summed E-state index contributed by atoms with van der Waals surface area (Å²) in [5.41, 5.74) is 10.8. The van der Waals surface area contributed by atoms with Crippen LogP contribution in [0.3, 0.4) is 0 Å². The fraction of sp³-hybridized carbons (Fsp3) is 0.250. The molecular weight excluding hydrogens is 256 g/mol. The first-order valence-corrected chi connectivity index (χ1v) is 6.78. The van der Waals surface area contributed by atoms with Crippen molar-refractivity contribution in [2.24, 2.45) is 5.73 Å². The van der Waals surface area contributed by atoms with Crippen molar-refractivity contribution in [2.45, 2.75) is 19.9 Å². The van der Waals surface area contributed by atoms with Gasteiger partial charge in [0.1, 0.15) is 0 Å². The highest BCUT2D eigenvalue weighted by molar-refractivity contribution is 6.30. The maximum atomic E-state index is 5.93. The Morgan fingerprint density at radius 3 is 2.16 bits per heavy atom. The molecule has 0 fully saturated rings. The first-order valence-electron chi connectivity index (χ1n) is 6.40. The lowest BCUT2D eigenvalue weighted by Gasteiger charge is -2.22. The fourth-order valence-corrected chi connectivity index (χ4v) is 2.50. The van der Waals surface area contributed by atoms with E-state index in [1.165, 1.54) is 16.7 Å². The van der Waals surface area contributed by atoms with Crippen molar-refractivity contribution >= 4 is 17.3 Å². The number of aryl methyl sites for hydroxylation is 2. The molecular formula is C16H19ClN2. The molecule has 3 heteroatoms. The zero-order valence-corrected chi connectivity index (χ0v) is 12.0. The standard InChI is InChI=1S/C16H19ClN2/c1-11-4-3-5-12(2)16(11)15(10-18)19-14-8-6-13(17)7-9-14/h3-9,15,19H,10,18H2,1-2H3. The summed E-state index contributed by atoms with van der Waals surface area (Å²) < 4.78 is 0. The van der Waals surface area contributed by atoms with Gasteiger partial charge in [-0.1, -0.05) is 29.8 Å². The number of rotatable bonds is 4. The quantitative estimate of drug-likeness (QED) is 0.882. The van der Waals surface area contributed by atoms with Crippen LogP contribution in [-0.2, 0) is 0 Å².